The summed E-state index contributed by atoms with van der Waals surface area (Å²) in [6.07, 6.45) is 5.28. The second-order valence-corrected chi connectivity index (χ2v) is 16.7. The molecule has 2 fully saturated rings. The third-order valence-corrected chi connectivity index (χ3v) is 11.3. The van der Waals surface area contributed by atoms with Gasteiger partial charge in [-0.2, -0.15) is 4.98 Å². The van der Waals surface area contributed by atoms with Crippen molar-refractivity contribution in [2.75, 3.05) is 94.5 Å². The predicted molar refractivity (Wildman–Crippen MR) is 237 cm³/mol. The monoisotopic (exact) mass is 827 g/mol. The van der Waals surface area contributed by atoms with E-state index in [1.165, 1.54) is 5.56 Å². The van der Waals surface area contributed by atoms with Crippen molar-refractivity contribution in [2.24, 2.45) is 0 Å². The molecule has 14 heteroatoms. The third-order valence-electron chi connectivity index (χ3n) is 11.3. The minimum atomic E-state index is -0.492. The van der Waals surface area contributed by atoms with Crippen LogP contribution in [0.5, 0.6) is 11.5 Å². The molecule has 1 amide bonds. The first-order valence-corrected chi connectivity index (χ1v) is 21.3. The second kappa shape index (κ2) is 18.7. The Morgan fingerprint density at radius 3 is 2.02 bits per heavy atom. The highest BCUT2D eigenvalue weighted by Gasteiger charge is 2.30. The lowest BCUT2D eigenvalue weighted by Crippen LogP contribution is -2.50. The summed E-state index contributed by atoms with van der Waals surface area (Å²) in [5, 5.41) is 0. The SMILES string of the molecule is COc1ccc(CN(Cc2ccc(OC)cc2)c2ncc(-c3nc(N4CCOCC4)nc4c3CCN4c3cccc(CCN4CCN(C(=O)OC(C)(C)C)CC4)c3)cn2)cc1. The lowest BCUT2D eigenvalue weighted by molar-refractivity contribution is 0.0146. The maximum atomic E-state index is 12.6. The first-order valence-electron chi connectivity index (χ1n) is 21.3. The largest absolute Gasteiger partial charge is 0.497 e. The van der Waals surface area contributed by atoms with Gasteiger partial charge in [0.15, 0.2) is 0 Å². The zero-order chi connectivity index (χ0) is 42.3. The molecule has 5 heterocycles. The number of anilines is 4. The minimum absolute atomic E-state index is 0.229. The summed E-state index contributed by atoms with van der Waals surface area (Å²) >= 11 is 0. The number of aromatic nitrogens is 4. The summed E-state index contributed by atoms with van der Waals surface area (Å²) in [4.78, 5) is 44.0. The highest BCUT2D eigenvalue weighted by molar-refractivity contribution is 5.77. The molecule has 2 aromatic heterocycles. The fraction of sp³-hybridized carbons (Fsp3) is 0.426. The maximum Gasteiger partial charge on any atom is 0.410 e. The van der Waals surface area contributed by atoms with E-state index < -0.39 is 5.60 Å². The topological polar surface area (TPSA) is 122 Å². The van der Waals surface area contributed by atoms with Gasteiger partial charge in [-0.15, -0.1) is 0 Å². The Morgan fingerprint density at radius 2 is 1.41 bits per heavy atom. The highest BCUT2D eigenvalue weighted by atomic mass is 16.6. The summed E-state index contributed by atoms with van der Waals surface area (Å²) in [6, 6.07) is 25.0. The molecule has 0 bridgehead atoms. The molecular formula is C47H57N9O5. The predicted octanol–water partition coefficient (Wildman–Crippen LogP) is 6.78. The molecule has 0 N–H and O–H groups in total. The number of piperazine rings is 1. The number of methoxy groups -OCH3 is 2. The van der Waals surface area contributed by atoms with Gasteiger partial charge < -0.3 is 38.5 Å². The van der Waals surface area contributed by atoms with E-state index >= 15 is 0 Å². The standard InChI is InChI=1S/C47H57N9O5/c1-47(2,3)61-46(57)54-23-21-52(22-24-54)19-17-34-7-6-8-38(29-34)56-20-18-41-42(50-45(51-43(41)56)53-25-27-60-28-26-53)37-30-48-44(49-31-37)55(32-35-9-13-39(58-4)14-10-35)33-36-11-15-40(59-5)16-12-36/h6-16,29-31H,17-28,32-33H2,1-5H3. The molecule has 0 saturated carbocycles. The third kappa shape index (κ3) is 10.3. The van der Waals surface area contributed by atoms with Crippen LogP contribution < -0.4 is 24.2 Å². The van der Waals surface area contributed by atoms with Gasteiger partial charge in [0, 0.05) is 94.7 Å². The maximum absolute atomic E-state index is 12.6. The summed E-state index contributed by atoms with van der Waals surface area (Å²) < 4.78 is 22.1. The zero-order valence-corrected chi connectivity index (χ0v) is 36.0. The number of carbonyl (C=O) groups excluding carboxylic acids is 1. The van der Waals surface area contributed by atoms with E-state index in [1.54, 1.807) is 14.2 Å². The Kier molecular flexibility index (Phi) is 12.8. The van der Waals surface area contributed by atoms with Crippen LogP contribution in [0.15, 0.2) is 85.2 Å². The van der Waals surface area contributed by atoms with Crippen LogP contribution in [-0.2, 0) is 35.4 Å². The number of carbonyl (C=O) groups is 1. The van der Waals surface area contributed by atoms with Crippen molar-refractivity contribution in [3.63, 3.8) is 0 Å². The first kappa shape index (κ1) is 41.7. The number of nitrogens with zero attached hydrogens (tertiary/aromatic N) is 9. The number of fused-ring (bicyclic) bond motifs is 1. The Hall–Kier alpha value is -5.99. The van der Waals surface area contributed by atoms with Gasteiger partial charge in [0.25, 0.3) is 0 Å². The molecule has 8 rings (SSSR count). The van der Waals surface area contributed by atoms with Crippen LogP contribution in [-0.4, -0.2) is 121 Å². The first-order chi connectivity index (χ1) is 29.6. The van der Waals surface area contributed by atoms with Crippen molar-refractivity contribution in [3.8, 4) is 22.8 Å². The van der Waals surface area contributed by atoms with Crippen LogP contribution in [0.25, 0.3) is 11.3 Å². The number of morpholine rings is 1. The summed E-state index contributed by atoms with van der Waals surface area (Å²) in [6.45, 7) is 14.4. The number of amides is 1. The molecule has 0 aliphatic carbocycles. The van der Waals surface area contributed by atoms with Crippen LogP contribution in [0, 0.1) is 0 Å². The average molecular weight is 828 g/mol. The molecule has 3 aliphatic rings. The Morgan fingerprint density at radius 1 is 0.770 bits per heavy atom. The van der Waals surface area contributed by atoms with Crippen LogP contribution in [0.1, 0.15) is 43.0 Å². The van der Waals surface area contributed by atoms with E-state index in [2.05, 4.69) is 68.1 Å². The number of benzene rings is 3. The van der Waals surface area contributed by atoms with Gasteiger partial charge in [-0.1, -0.05) is 36.4 Å². The molecule has 2 saturated heterocycles. The van der Waals surface area contributed by atoms with Crippen molar-refractivity contribution in [2.45, 2.75) is 52.3 Å². The van der Waals surface area contributed by atoms with Crippen LogP contribution in [0.2, 0.25) is 0 Å². The lowest BCUT2D eigenvalue weighted by Gasteiger charge is -2.35. The summed E-state index contributed by atoms with van der Waals surface area (Å²) in [5.41, 5.74) is 6.93. The van der Waals surface area contributed by atoms with Crippen molar-refractivity contribution < 1.29 is 23.7 Å². The second-order valence-electron chi connectivity index (χ2n) is 16.7. The van der Waals surface area contributed by atoms with Gasteiger partial charge >= 0.3 is 6.09 Å². The van der Waals surface area contributed by atoms with Gasteiger partial charge in [0.1, 0.15) is 22.9 Å². The van der Waals surface area contributed by atoms with E-state index in [4.69, 9.17) is 38.9 Å². The van der Waals surface area contributed by atoms with E-state index in [0.29, 0.717) is 51.3 Å². The van der Waals surface area contributed by atoms with E-state index in [0.717, 1.165) is 103 Å². The Bertz CT molecular complexity index is 2190. The Labute approximate surface area is 359 Å². The quantitative estimate of drug-likeness (QED) is 0.124. The summed E-state index contributed by atoms with van der Waals surface area (Å²) in [7, 11) is 3.35. The minimum Gasteiger partial charge on any atom is -0.497 e. The normalized spacial score (nSPS) is 15.7. The molecule has 0 unspecified atom stereocenters. The highest BCUT2D eigenvalue weighted by Crippen LogP contribution is 2.39. The number of ether oxygens (including phenoxy) is 4. The number of hydrogen-bond donors (Lipinski definition) is 0. The molecule has 0 atom stereocenters. The van der Waals surface area contributed by atoms with Crippen molar-refractivity contribution >= 4 is 29.5 Å². The van der Waals surface area contributed by atoms with E-state index in [1.807, 2.05) is 62.3 Å². The van der Waals surface area contributed by atoms with Gasteiger partial charge in [0.05, 0.1) is 33.1 Å². The average Bonchev–Trinajstić information content (AvgIpc) is 3.73. The molecule has 0 spiro atoms. The van der Waals surface area contributed by atoms with Crippen LogP contribution in [0.4, 0.5) is 28.2 Å². The van der Waals surface area contributed by atoms with Crippen molar-refractivity contribution in [3.05, 3.63) is 107 Å². The smallest absolute Gasteiger partial charge is 0.410 e. The van der Waals surface area contributed by atoms with Gasteiger partial charge in [-0.25, -0.2) is 19.7 Å². The van der Waals surface area contributed by atoms with Gasteiger partial charge in [-0.3, -0.25) is 4.90 Å². The molecular weight excluding hydrogens is 771 g/mol. The zero-order valence-electron chi connectivity index (χ0n) is 36.0. The van der Waals surface area contributed by atoms with Crippen molar-refractivity contribution in [1.29, 1.82) is 0 Å². The molecule has 3 aliphatic heterocycles. The number of rotatable bonds is 13. The lowest BCUT2D eigenvalue weighted by atomic mass is 10.1. The van der Waals surface area contributed by atoms with Crippen molar-refractivity contribution in [1.82, 2.24) is 29.7 Å². The van der Waals surface area contributed by atoms with Gasteiger partial charge in [-0.05, 0) is 86.7 Å². The number of hydrogen-bond acceptors (Lipinski definition) is 13. The van der Waals surface area contributed by atoms with Gasteiger partial charge in [0.2, 0.25) is 11.9 Å². The summed E-state index contributed by atoms with van der Waals surface area (Å²) in [5.74, 6) is 3.87. The Balaban J connectivity index is 1.02. The molecule has 61 heavy (non-hydrogen) atoms. The van der Waals surface area contributed by atoms with Crippen LogP contribution in [0.3, 0.4) is 0 Å². The van der Waals surface area contributed by atoms with E-state index in [-0.39, 0.29) is 6.09 Å². The fourth-order valence-corrected chi connectivity index (χ4v) is 7.99. The van der Waals surface area contributed by atoms with E-state index in [9.17, 15) is 4.79 Å². The molecule has 14 nitrogen and oxygen atoms in total. The molecule has 0 radical (unpaired) electrons. The fourth-order valence-electron chi connectivity index (χ4n) is 7.99. The molecule has 3 aromatic carbocycles. The molecule has 320 valence electrons. The molecule has 5 aromatic rings. The van der Waals surface area contributed by atoms with Crippen LogP contribution >= 0.6 is 0 Å².